The lowest BCUT2D eigenvalue weighted by Gasteiger charge is -2.42. The number of ether oxygens (including phenoxy) is 5. The summed E-state index contributed by atoms with van der Waals surface area (Å²) < 4.78 is 47.5. The average molecular weight is 895 g/mol. The molecule has 344 valence electrons. The van der Waals surface area contributed by atoms with E-state index in [4.69, 9.17) is 38.6 Å². The summed E-state index contributed by atoms with van der Waals surface area (Å²) in [5.74, 6) is 4.12. The van der Waals surface area contributed by atoms with Crippen LogP contribution >= 0.6 is 0 Å². The highest BCUT2D eigenvalue weighted by molar-refractivity contribution is 6.90. The summed E-state index contributed by atoms with van der Waals surface area (Å²) in [5, 5.41) is 2.11. The first-order valence-electron chi connectivity index (χ1n) is 23.2. The molecule has 0 saturated carbocycles. The zero-order chi connectivity index (χ0) is 45.7. The summed E-state index contributed by atoms with van der Waals surface area (Å²) in [6.07, 6.45) is 6.04. The van der Waals surface area contributed by atoms with Crippen LogP contribution < -0.4 is 14.4 Å². The lowest BCUT2D eigenvalue weighted by molar-refractivity contribution is 0.0122. The number of methoxy groups -OCH3 is 2. The monoisotopic (exact) mass is 894 g/mol. The van der Waals surface area contributed by atoms with Crippen molar-refractivity contribution in [3.8, 4) is 34.5 Å². The van der Waals surface area contributed by atoms with Crippen molar-refractivity contribution in [3.05, 3.63) is 47.9 Å². The van der Waals surface area contributed by atoms with E-state index in [0.717, 1.165) is 61.5 Å². The number of carbonyl (C=O) groups is 1. The number of aromatic nitrogens is 3. The van der Waals surface area contributed by atoms with Crippen molar-refractivity contribution in [1.29, 1.82) is 0 Å². The van der Waals surface area contributed by atoms with Gasteiger partial charge in [0.05, 0.1) is 29.1 Å². The van der Waals surface area contributed by atoms with Crippen LogP contribution in [0.2, 0.25) is 16.6 Å². The van der Waals surface area contributed by atoms with E-state index in [1.165, 1.54) is 0 Å². The third kappa shape index (κ3) is 8.53. The second-order valence-corrected chi connectivity index (χ2v) is 26.0. The van der Waals surface area contributed by atoms with E-state index in [2.05, 4.69) is 62.8 Å². The van der Waals surface area contributed by atoms with E-state index in [1.807, 2.05) is 56.0 Å². The highest BCUT2D eigenvalue weighted by Gasteiger charge is 2.50. The Kier molecular flexibility index (Phi) is 13.0. The minimum Gasteiger partial charge on any atom is -0.468 e. The Balaban J connectivity index is 1.27. The molecular weight excluding hydrogens is 828 g/mol. The maximum Gasteiger partial charge on any atom is 0.410 e. The fourth-order valence-electron chi connectivity index (χ4n) is 11.5. The molecule has 0 radical (unpaired) electrons. The molecule has 8 rings (SSSR count). The summed E-state index contributed by atoms with van der Waals surface area (Å²) in [6.45, 7) is 22.7. The van der Waals surface area contributed by atoms with Crippen molar-refractivity contribution in [2.45, 2.75) is 140 Å². The fraction of sp³-hybridized carbons (Fsp3) is 0.600. The van der Waals surface area contributed by atoms with Gasteiger partial charge in [-0.3, -0.25) is 14.8 Å². The van der Waals surface area contributed by atoms with Crippen molar-refractivity contribution < 1.29 is 32.9 Å². The van der Waals surface area contributed by atoms with Crippen molar-refractivity contribution in [3.63, 3.8) is 0 Å². The van der Waals surface area contributed by atoms with Gasteiger partial charge in [0, 0.05) is 56.6 Å². The van der Waals surface area contributed by atoms with E-state index >= 15 is 4.39 Å². The van der Waals surface area contributed by atoms with Gasteiger partial charge in [-0.05, 0) is 99.6 Å². The topological polar surface area (TPSA) is 112 Å². The number of piperazine rings is 1. The average Bonchev–Trinajstić information content (AvgIpc) is 3.89. The molecule has 12 nitrogen and oxygen atoms in total. The van der Waals surface area contributed by atoms with Gasteiger partial charge >= 0.3 is 12.1 Å². The molecule has 0 spiro atoms. The molecule has 2 bridgehead atoms. The van der Waals surface area contributed by atoms with E-state index in [-0.39, 0.29) is 53.8 Å². The van der Waals surface area contributed by atoms with Crippen LogP contribution in [0.4, 0.5) is 15.0 Å². The molecular formula is C50H67FN6O6Si. The summed E-state index contributed by atoms with van der Waals surface area (Å²) in [6, 6.07) is 9.70. The number of rotatable bonds is 12. The summed E-state index contributed by atoms with van der Waals surface area (Å²) >= 11 is 0. The van der Waals surface area contributed by atoms with E-state index in [0.29, 0.717) is 58.8 Å². The van der Waals surface area contributed by atoms with Crippen LogP contribution in [0.1, 0.15) is 100.0 Å². The SMILES string of the molecule is COCOc1cc(-c2ncc3c(N4C[C@H]5CC[C@@H](C4)N5C(=O)OC(C)(C)C)nc(OCC45CCCN4CC(OC)C5)nc3c2F)c2c(C#C[Si](C(C)C)(C(C)C)C(C)C)cccc2c1. The summed E-state index contributed by atoms with van der Waals surface area (Å²) in [7, 11) is 1.21. The fourth-order valence-corrected chi connectivity index (χ4v) is 16.8. The zero-order valence-electron chi connectivity index (χ0n) is 39.7. The number of nitrogens with zero attached hydrogens (tertiary/aromatic N) is 6. The molecule has 4 aromatic rings. The van der Waals surface area contributed by atoms with Gasteiger partial charge < -0.3 is 28.6 Å². The van der Waals surface area contributed by atoms with Crippen molar-refractivity contribution in [1.82, 2.24) is 24.8 Å². The smallest absolute Gasteiger partial charge is 0.410 e. The van der Waals surface area contributed by atoms with Crippen LogP contribution in [0.15, 0.2) is 36.5 Å². The van der Waals surface area contributed by atoms with Crippen LogP contribution in [-0.2, 0) is 14.2 Å². The maximum absolute atomic E-state index is 17.9. The molecule has 4 aliphatic heterocycles. The van der Waals surface area contributed by atoms with E-state index in [1.54, 1.807) is 20.4 Å². The van der Waals surface area contributed by atoms with Crippen molar-refractivity contribution in [2.75, 3.05) is 58.7 Å². The molecule has 1 amide bonds. The van der Waals surface area contributed by atoms with Gasteiger partial charge in [0.2, 0.25) is 0 Å². The molecule has 4 saturated heterocycles. The molecule has 4 atom stereocenters. The first-order chi connectivity index (χ1) is 30.5. The van der Waals surface area contributed by atoms with Gasteiger partial charge in [-0.25, -0.2) is 9.18 Å². The number of anilines is 1. The predicted octanol–water partition coefficient (Wildman–Crippen LogP) is 9.76. The first-order valence-corrected chi connectivity index (χ1v) is 25.5. The largest absolute Gasteiger partial charge is 0.468 e. The summed E-state index contributed by atoms with van der Waals surface area (Å²) in [4.78, 5) is 34.8. The number of hydrogen-bond acceptors (Lipinski definition) is 11. The molecule has 0 aliphatic carbocycles. The van der Waals surface area contributed by atoms with Gasteiger partial charge in [-0.1, -0.05) is 59.6 Å². The number of carbonyl (C=O) groups excluding carboxylic acids is 1. The van der Waals surface area contributed by atoms with Crippen LogP contribution in [0.3, 0.4) is 0 Å². The molecule has 64 heavy (non-hydrogen) atoms. The van der Waals surface area contributed by atoms with Crippen LogP contribution in [-0.4, -0.2) is 122 Å². The quantitative estimate of drug-likeness (QED) is 0.0770. The van der Waals surface area contributed by atoms with Gasteiger partial charge in [0.25, 0.3) is 0 Å². The van der Waals surface area contributed by atoms with Crippen molar-refractivity contribution in [2.24, 2.45) is 0 Å². The molecule has 6 heterocycles. The van der Waals surface area contributed by atoms with Crippen LogP contribution in [0, 0.1) is 17.3 Å². The Labute approximate surface area is 379 Å². The Hall–Kier alpha value is -4.55. The number of amides is 1. The third-order valence-electron chi connectivity index (χ3n) is 14.4. The number of halogens is 1. The van der Waals surface area contributed by atoms with Gasteiger partial charge in [0.1, 0.15) is 43.1 Å². The Morgan fingerprint density at radius 3 is 2.36 bits per heavy atom. The van der Waals surface area contributed by atoms with E-state index in [9.17, 15) is 4.79 Å². The minimum atomic E-state index is -2.13. The zero-order valence-corrected chi connectivity index (χ0v) is 40.7. The Morgan fingerprint density at radius 2 is 1.70 bits per heavy atom. The molecule has 4 fully saturated rings. The molecule has 4 aliphatic rings. The van der Waals surface area contributed by atoms with Crippen molar-refractivity contribution >= 4 is 41.7 Å². The third-order valence-corrected chi connectivity index (χ3v) is 20.7. The Morgan fingerprint density at radius 1 is 0.984 bits per heavy atom. The minimum absolute atomic E-state index is 0.0217. The first kappa shape index (κ1) is 46.0. The van der Waals surface area contributed by atoms with Crippen LogP contribution in [0.5, 0.6) is 11.8 Å². The maximum atomic E-state index is 17.9. The standard InChI is InChI=1S/C50H67FN6O6Si/c1-31(2)64(32(3)4,33(5)6)21-18-34-14-12-15-35-22-38(62-30-59-10)23-40(42(34)35)44-43(51)45-41(25-52-44)46(55-26-36-16-17-37(27-55)57(36)48(58)63-49(7,8)9)54-47(53-45)61-29-50-19-13-20-56(50)28-39(24-50)60-11/h12,14-15,22-23,25,31-33,36-37,39H,13,16-17,19-20,24,26-30H2,1-11H3/t36-,37+,39?,50?. The van der Waals surface area contributed by atoms with Gasteiger partial charge in [0.15, 0.2) is 12.6 Å². The lowest BCUT2D eigenvalue weighted by Crippen LogP contribution is -2.57. The number of pyridine rings is 1. The molecule has 2 aromatic heterocycles. The van der Waals surface area contributed by atoms with Gasteiger partial charge in [-0.2, -0.15) is 9.97 Å². The molecule has 2 unspecified atom stereocenters. The number of fused-ring (bicyclic) bond motifs is 5. The van der Waals surface area contributed by atoms with Gasteiger partial charge in [-0.15, -0.1) is 5.54 Å². The second-order valence-electron chi connectivity index (χ2n) is 20.4. The second kappa shape index (κ2) is 18.0. The number of benzene rings is 2. The normalized spacial score (nSPS) is 22.5. The van der Waals surface area contributed by atoms with Crippen LogP contribution in [0.25, 0.3) is 32.9 Å². The molecule has 0 N–H and O–H groups in total. The highest BCUT2D eigenvalue weighted by atomic mass is 28.3. The van der Waals surface area contributed by atoms with E-state index < -0.39 is 19.5 Å². The summed E-state index contributed by atoms with van der Waals surface area (Å²) in [5.41, 5.74) is 5.98. The number of hydrogen-bond donors (Lipinski definition) is 0. The Bertz CT molecular complexity index is 2410. The molecule has 2 aromatic carbocycles. The highest BCUT2D eigenvalue weighted by Crippen LogP contribution is 2.44. The lowest BCUT2D eigenvalue weighted by atomic mass is 9.94. The molecule has 14 heteroatoms. The predicted molar refractivity (Wildman–Crippen MR) is 252 cm³/mol.